The zero-order valence-corrected chi connectivity index (χ0v) is 14.5. The molecule has 0 aromatic heterocycles. The Bertz CT molecular complexity index is 472. The third-order valence-corrected chi connectivity index (χ3v) is 5.64. The minimum atomic E-state index is -0.500. The summed E-state index contributed by atoms with van der Waals surface area (Å²) in [5, 5.41) is 11.0. The number of amides is 1. The van der Waals surface area contributed by atoms with Crippen LogP contribution in [-0.2, 0) is 4.74 Å². The van der Waals surface area contributed by atoms with Gasteiger partial charge in [-0.2, -0.15) is 0 Å². The van der Waals surface area contributed by atoms with Gasteiger partial charge in [-0.1, -0.05) is 0 Å². The van der Waals surface area contributed by atoms with Crippen LogP contribution in [0.15, 0.2) is 30.3 Å². The van der Waals surface area contributed by atoms with E-state index in [1.807, 2.05) is 39.0 Å². The summed E-state index contributed by atoms with van der Waals surface area (Å²) in [6, 6.07) is 10.1. The summed E-state index contributed by atoms with van der Waals surface area (Å²) in [6.07, 6.45) is -0.120. The van der Waals surface area contributed by atoms with Crippen LogP contribution in [0, 0.1) is 0 Å². The van der Waals surface area contributed by atoms with E-state index in [1.165, 1.54) is 4.46 Å². The first kappa shape index (κ1) is 16.3. The summed E-state index contributed by atoms with van der Waals surface area (Å²) in [7, 11) is 0. The molecule has 0 bridgehead atoms. The van der Waals surface area contributed by atoms with E-state index in [-0.39, 0.29) is 27.1 Å². The van der Waals surface area contributed by atoms with Crippen LogP contribution in [0.4, 0.5) is 4.79 Å². The van der Waals surface area contributed by atoms with Crippen LogP contribution in [0.5, 0.6) is 0 Å². The molecule has 5 heteroatoms. The fraction of sp³-hybridized carbons (Fsp3) is 0.562. The molecule has 1 fully saturated rings. The molecule has 4 nitrogen and oxygen atoms in total. The predicted octanol–water partition coefficient (Wildman–Crippen LogP) is 1.80. The average Bonchev–Trinajstić information content (AvgIpc) is 2.77. The Morgan fingerprint density at radius 1 is 1.38 bits per heavy atom. The summed E-state index contributed by atoms with van der Waals surface area (Å²) >= 11 is 0.248. The maximum absolute atomic E-state index is 12.2. The van der Waals surface area contributed by atoms with Gasteiger partial charge in [0, 0.05) is 0 Å². The number of aliphatic hydroxyl groups is 1. The molecule has 0 aliphatic carbocycles. The van der Waals surface area contributed by atoms with Gasteiger partial charge in [0.05, 0.1) is 0 Å². The molecule has 1 aliphatic heterocycles. The first-order valence-electron chi connectivity index (χ1n) is 7.22. The van der Waals surface area contributed by atoms with Gasteiger partial charge in [0.1, 0.15) is 0 Å². The number of carbonyl (C=O) groups is 1. The molecule has 1 aromatic carbocycles. The molecule has 0 spiro atoms. The molecule has 1 saturated heterocycles. The van der Waals surface area contributed by atoms with Gasteiger partial charge in [0.2, 0.25) is 0 Å². The molecule has 21 heavy (non-hydrogen) atoms. The van der Waals surface area contributed by atoms with E-state index in [9.17, 15) is 9.90 Å². The minimum absolute atomic E-state index is 0.125. The van der Waals surface area contributed by atoms with Crippen LogP contribution in [0.3, 0.4) is 0 Å². The normalized spacial score (nSPS) is 22.4. The Hall–Kier alpha value is -1.03. The molecular formula is C16H23NO3Se. The van der Waals surface area contributed by atoms with Crippen LogP contribution in [0.2, 0.25) is 5.32 Å². The van der Waals surface area contributed by atoms with Crippen molar-refractivity contribution >= 4 is 25.5 Å². The maximum atomic E-state index is 12.2. The molecule has 1 amide bonds. The van der Waals surface area contributed by atoms with Crippen molar-refractivity contribution in [3.63, 3.8) is 0 Å². The van der Waals surface area contributed by atoms with Crippen molar-refractivity contribution in [2.75, 3.05) is 6.54 Å². The molecule has 0 saturated carbocycles. The first-order chi connectivity index (χ1) is 9.87. The summed E-state index contributed by atoms with van der Waals surface area (Å²) in [6.45, 7) is 6.16. The molecule has 1 aromatic rings. The first-order valence-corrected chi connectivity index (χ1v) is 9.29. The summed E-state index contributed by atoms with van der Waals surface area (Å²) in [5.41, 5.74) is -0.500. The Kier molecular flexibility index (Phi) is 5.31. The number of carbonyl (C=O) groups excluding carboxylic acids is 1. The predicted molar refractivity (Wildman–Crippen MR) is 84.0 cm³/mol. The van der Waals surface area contributed by atoms with E-state index in [0.717, 1.165) is 5.32 Å². The summed E-state index contributed by atoms with van der Waals surface area (Å²) in [5.74, 6) is 0. The molecule has 0 radical (unpaired) electrons. The third kappa shape index (κ3) is 4.73. The third-order valence-electron chi connectivity index (χ3n) is 3.30. The molecule has 2 rings (SSSR count). The van der Waals surface area contributed by atoms with Crippen LogP contribution < -0.4 is 4.46 Å². The van der Waals surface area contributed by atoms with Crippen LogP contribution in [-0.4, -0.2) is 55.3 Å². The monoisotopic (exact) mass is 357 g/mol. The Labute approximate surface area is 132 Å². The molecule has 1 N–H and O–H groups in total. The Balaban J connectivity index is 1.97. The van der Waals surface area contributed by atoms with Crippen LogP contribution >= 0.6 is 0 Å². The van der Waals surface area contributed by atoms with Gasteiger partial charge in [0.15, 0.2) is 0 Å². The molecule has 2 atom stereocenters. The van der Waals surface area contributed by atoms with Crippen molar-refractivity contribution in [3.8, 4) is 0 Å². The second-order valence-electron chi connectivity index (χ2n) is 6.22. The number of benzene rings is 1. The van der Waals surface area contributed by atoms with E-state index in [2.05, 4.69) is 12.1 Å². The topological polar surface area (TPSA) is 49.8 Å². The van der Waals surface area contributed by atoms with Gasteiger partial charge >= 0.3 is 132 Å². The second-order valence-corrected chi connectivity index (χ2v) is 8.52. The van der Waals surface area contributed by atoms with Crippen molar-refractivity contribution in [1.82, 2.24) is 4.90 Å². The van der Waals surface area contributed by atoms with Gasteiger partial charge in [-0.3, -0.25) is 0 Å². The average molecular weight is 356 g/mol. The zero-order chi connectivity index (χ0) is 15.5. The fourth-order valence-electron chi connectivity index (χ4n) is 2.28. The number of hydrogen-bond acceptors (Lipinski definition) is 3. The number of rotatable bonds is 3. The van der Waals surface area contributed by atoms with Gasteiger partial charge in [0.25, 0.3) is 0 Å². The van der Waals surface area contributed by atoms with Crippen molar-refractivity contribution in [1.29, 1.82) is 0 Å². The second kappa shape index (κ2) is 6.82. The molecule has 116 valence electrons. The number of ether oxygens (including phenoxy) is 1. The van der Waals surface area contributed by atoms with Crippen molar-refractivity contribution in [3.05, 3.63) is 30.3 Å². The van der Waals surface area contributed by atoms with E-state index < -0.39 is 11.7 Å². The van der Waals surface area contributed by atoms with E-state index in [1.54, 1.807) is 4.90 Å². The van der Waals surface area contributed by atoms with Crippen molar-refractivity contribution in [2.24, 2.45) is 0 Å². The quantitative estimate of drug-likeness (QED) is 0.841. The van der Waals surface area contributed by atoms with Crippen LogP contribution in [0.25, 0.3) is 0 Å². The van der Waals surface area contributed by atoms with E-state index in [4.69, 9.17) is 4.74 Å². The Morgan fingerprint density at radius 3 is 2.67 bits per heavy atom. The fourth-order valence-corrected chi connectivity index (χ4v) is 4.62. The van der Waals surface area contributed by atoms with Crippen molar-refractivity contribution < 1.29 is 14.6 Å². The standard InChI is InChI=1S/C16H23NO3Se/c1-16(2,3)20-15(19)17-10-9-14(18)13(17)11-21-12-7-5-4-6-8-12/h4-8,13-14,18H,9-11H2,1-3H3/t13-,14-/m1/s1. The number of likely N-dealkylation sites (tertiary alicyclic amines) is 1. The van der Waals surface area contributed by atoms with Gasteiger partial charge in [-0.15, -0.1) is 0 Å². The number of nitrogens with zero attached hydrogens (tertiary/aromatic N) is 1. The van der Waals surface area contributed by atoms with Gasteiger partial charge in [-0.05, 0) is 0 Å². The molecule has 0 unspecified atom stereocenters. The van der Waals surface area contributed by atoms with E-state index in [0.29, 0.717) is 13.0 Å². The molecule has 1 heterocycles. The SMILES string of the molecule is CC(C)(C)OC(=O)N1CC[C@@H](O)[C@H]1C[Se]c1ccccc1. The summed E-state index contributed by atoms with van der Waals surface area (Å²) in [4.78, 5) is 13.9. The van der Waals surface area contributed by atoms with E-state index >= 15 is 0 Å². The van der Waals surface area contributed by atoms with Crippen LogP contribution in [0.1, 0.15) is 27.2 Å². The number of aliphatic hydroxyl groups excluding tert-OH is 1. The Morgan fingerprint density at radius 2 is 2.05 bits per heavy atom. The number of hydrogen-bond donors (Lipinski definition) is 1. The van der Waals surface area contributed by atoms with Crippen molar-refractivity contribution in [2.45, 2.75) is 50.3 Å². The summed E-state index contributed by atoms with van der Waals surface area (Å²) < 4.78 is 6.72. The molecule has 1 aliphatic rings. The van der Waals surface area contributed by atoms with Gasteiger partial charge < -0.3 is 0 Å². The van der Waals surface area contributed by atoms with Gasteiger partial charge in [-0.25, -0.2) is 0 Å². The zero-order valence-electron chi connectivity index (χ0n) is 12.8. The molecular weight excluding hydrogens is 333 g/mol.